The molecule has 1 rings (SSSR count). The summed E-state index contributed by atoms with van der Waals surface area (Å²) in [5, 5.41) is 3.14. The molecule has 1 aromatic rings. The van der Waals surface area contributed by atoms with Crippen LogP contribution in [0.15, 0.2) is 18.2 Å². The van der Waals surface area contributed by atoms with Gasteiger partial charge in [0.25, 0.3) is 0 Å². The van der Waals surface area contributed by atoms with Crippen molar-refractivity contribution in [3.8, 4) is 5.75 Å². The molecule has 19 heavy (non-hydrogen) atoms. The lowest BCUT2D eigenvalue weighted by atomic mass is 9.87. The molecule has 0 saturated heterocycles. The molecule has 1 N–H and O–H groups in total. The molecule has 0 heterocycles. The van der Waals surface area contributed by atoms with Gasteiger partial charge in [0.15, 0.2) is 0 Å². The largest absolute Gasteiger partial charge is 0.495 e. The van der Waals surface area contributed by atoms with Gasteiger partial charge < -0.3 is 15.0 Å². The summed E-state index contributed by atoms with van der Waals surface area (Å²) in [4.78, 5) is 13.2. The molecule has 1 amide bonds. The van der Waals surface area contributed by atoms with E-state index in [0.717, 1.165) is 11.4 Å². The van der Waals surface area contributed by atoms with E-state index in [1.54, 1.807) is 26.1 Å². The van der Waals surface area contributed by atoms with E-state index < -0.39 is 0 Å². The Bertz CT molecular complexity index is 448. The molecule has 0 aromatic heterocycles. The Morgan fingerprint density at radius 1 is 1.32 bits per heavy atom. The zero-order valence-electron chi connectivity index (χ0n) is 12.7. The van der Waals surface area contributed by atoms with Gasteiger partial charge in [0, 0.05) is 14.1 Å². The van der Waals surface area contributed by atoms with Crippen LogP contribution in [0.1, 0.15) is 26.3 Å². The quantitative estimate of drug-likeness (QED) is 0.908. The molecule has 0 atom stereocenters. The van der Waals surface area contributed by atoms with Crippen LogP contribution in [0.2, 0.25) is 0 Å². The van der Waals surface area contributed by atoms with Gasteiger partial charge >= 0.3 is 0 Å². The molecule has 0 spiro atoms. The third-order valence-corrected chi connectivity index (χ3v) is 2.99. The van der Waals surface area contributed by atoms with Gasteiger partial charge in [0.2, 0.25) is 5.91 Å². The topological polar surface area (TPSA) is 41.6 Å². The third kappa shape index (κ3) is 4.16. The Labute approximate surface area is 115 Å². The number of nitrogens with zero attached hydrogens (tertiary/aromatic N) is 1. The van der Waals surface area contributed by atoms with Crippen LogP contribution in [0.25, 0.3) is 0 Å². The molecule has 0 unspecified atom stereocenters. The van der Waals surface area contributed by atoms with E-state index in [2.05, 4.69) is 32.2 Å². The Morgan fingerprint density at radius 2 is 1.95 bits per heavy atom. The molecular formula is C15H24N2O2. The van der Waals surface area contributed by atoms with E-state index in [9.17, 15) is 4.79 Å². The first-order chi connectivity index (χ1) is 8.75. The van der Waals surface area contributed by atoms with Crippen molar-refractivity contribution in [2.75, 3.05) is 33.1 Å². The monoisotopic (exact) mass is 264 g/mol. The minimum absolute atomic E-state index is 0.0308. The lowest BCUT2D eigenvalue weighted by molar-refractivity contribution is -0.126. The molecule has 106 valence electrons. The second kappa shape index (κ2) is 5.95. The number of nitrogens with one attached hydrogen (secondary N) is 1. The van der Waals surface area contributed by atoms with Crippen molar-refractivity contribution in [1.82, 2.24) is 4.90 Å². The number of benzene rings is 1. The predicted octanol–water partition coefficient (Wildman–Crippen LogP) is 2.49. The van der Waals surface area contributed by atoms with E-state index in [0.29, 0.717) is 0 Å². The molecule has 0 saturated carbocycles. The van der Waals surface area contributed by atoms with E-state index >= 15 is 0 Å². The first-order valence-corrected chi connectivity index (χ1v) is 6.38. The van der Waals surface area contributed by atoms with Crippen molar-refractivity contribution < 1.29 is 9.53 Å². The summed E-state index contributed by atoms with van der Waals surface area (Å²) in [5.41, 5.74) is 2.12. The summed E-state index contributed by atoms with van der Waals surface area (Å²) < 4.78 is 5.32. The summed E-state index contributed by atoms with van der Waals surface area (Å²) in [6, 6.07) is 6.03. The number of anilines is 1. The standard InChI is InChI=1S/C15H24N2O2/c1-15(2,3)11-7-8-13(19-6)12(9-11)16-10-14(18)17(4)5/h7-9,16H,10H2,1-6H3. The van der Waals surface area contributed by atoms with Crippen LogP contribution in [0, 0.1) is 0 Å². The normalized spacial score (nSPS) is 11.1. The Hall–Kier alpha value is -1.71. The lowest BCUT2D eigenvalue weighted by Gasteiger charge is -2.21. The lowest BCUT2D eigenvalue weighted by Crippen LogP contribution is -2.28. The van der Waals surface area contributed by atoms with Gasteiger partial charge in [-0.15, -0.1) is 0 Å². The zero-order valence-corrected chi connectivity index (χ0v) is 12.7. The fourth-order valence-corrected chi connectivity index (χ4v) is 1.64. The SMILES string of the molecule is COc1ccc(C(C)(C)C)cc1NCC(=O)N(C)C. The highest BCUT2D eigenvalue weighted by molar-refractivity contribution is 5.81. The number of rotatable bonds is 4. The smallest absolute Gasteiger partial charge is 0.241 e. The number of hydrogen-bond donors (Lipinski definition) is 1. The van der Waals surface area contributed by atoms with Crippen LogP contribution in [0.4, 0.5) is 5.69 Å². The number of likely N-dealkylation sites (N-methyl/N-ethyl adjacent to an activating group) is 1. The van der Waals surface area contributed by atoms with Crippen LogP contribution >= 0.6 is 0 Å². The maximum absolute atomic E-state index is 11.6. The average molecular weight is 264 g/mol. The first-order valence-electron chi connectivity index (χ1n) is 6.38. The summed E-state index contributed by atoms with van der Waals surface area (Å²) in [6.45, 7) is 6.73. The predicted molar refractivity (Wildman–Crippen MR) is 78.9 cm³/mol. The average Bonchev–Trinajstić information content (AvgIpc) is 2.34. The summed E-state index contributed by atoms with van der Waals surface area (Å²) >= 11 is 0. The fourth-order valence-electron chi connectivity index (χ4n) is 1.64. The van der Waals surface area contributed by atoms with E-state index in [1.165, 1.54) is 5.56 Å². The second-order valence-electron chi connectivity index (χ2n) is 5.81. The van der Waals surface area contributed by atoms with Gasteiger partial charge in [-0.2, -0.15) is 0 Å². The van der Waals surface area contributed by atoms with Crippen LogP contribution in [-0.4, -0.2) is 38.6 Å². The highest BCUT2D eigenvalue weighted by Gasteiger charge is 2.16. The van der Waals surface area contributed by atoms with Gasteiger partial charge in [-0.1, -0.05) is 26.8 Å². The number of hydrogen-bond acceptors (Lipinski definition) is 3. The molecule has 0 bridgehead atoms. The van der Waals surface area contributed by atoms with Crippen molar-refractivity contribution in [3.63, 3.8) is 0 Å². The summed E-state index contributed by atoms with van der Waals surface area (Å²) in [6.07, 6.45) is 0. The van der Waals surface area contributed by atoms with Crippen molar-refractivity contribution in [1.29, 1.82) is 0 Å². The molecule has 0 aliphatic rings. The molecular weight excluding hydrogens is 240 g/mol. The minimum Gasteiger partial charge on any atom is -0.495 e. The Balaban J connectivity index is 2.94. The molecule has 0 fully saturated rings. The van der Waals surface area contributed by atoms with E-state index in [1.807, 2.05) is 12.1 Å². The summed E-state index contributed by atoms with van der Waals surface area (Å²) in [5.74, 6) is 0.780. The molecule has 4 nitrogen and oxygen atoms in total. The third-order valence-electron chi connectivity index (χ3n) is 2.99. The van der Waals surface area contributed by atoms with E-state index in [-0.39, 0.29) is 17.9 Å². The molecule has 4 heteroatoms. The van der Waals surface area contributed by atoms with Gasteiger partial charge in [-0.05, 0) is 23.1 Å². The number of ether oxygens (including phenoxy) is 1. The van der Waals surface area contributed by atoms with Gasteiger partial charge in [0.05, 0.1) is 19.3 Å². The molecule has 0 aliphatic carbocycles. The highest BCUT2D eigenvalue weighted by Crippen LogP contribution is 2.31. The second-order valence-corrected chi connectivity index (χ2v) is 5.81. The van der Waals surface area contributed by atoms with Gasteiger partial charge in [-0.3, -0.25) is 4.79 Å². The molecule has 1 aromatic carbocycles. The van der Waals surface area contributed by atoms with Crippen LogP contribution in [0.3, 0.4) is 0 Å². The van der Waals surface area contributed by atoms with Crippen molar-refractivity contribution in [2.45, 2.75) is 26.2 Å². The van der Waals surface area contributed by atoms with Crippen molar-refractivity contribution in [3.05, 3.63) is 23.8 Å². The maximum atomic E-state index is 11.6. The fraction of sp³-hybridized carbons (Fsp3) is 0.533. The Morgan fingerprint density at radius 3 is 2.42 bits per heavy atom. The van der Waals surface area contributed by atoms with Crippen molar-refractivity contribution >= 4 is 11.6 Å². The van der Waals surface area contributed by atoms with Crippen LogP contribution in [0.5, 0.6) is 5.75 Å². The first kappa shape index (κ1) is 15.3. The molecule has 0 aliphatic heterocycles. The van der Waals surface area contributed by atoms with Crippen LogP contribution in [-0.2, 0) is 10.2 Å². The maximum Gasteiger partial charge on any atom is 0.241 e. The van der Waals surface area contributed by atoms with Crippen molar-refractivity contribution in [2.24, 2.45) is 0 Å². The van der Waals surface area contributed by atoms with Gasteiger partial charge in [0.1, 0.15) is 5.75 Å². The summed E-state index contributed by atoms with van der Waals surface area (Å²) in [7, 11) is 5.12. The van der Waals surface area contributed by atoms with E-state index in [4.69, 9.17) is 4.74 Å². The Kier molecular flexibility index (Phi) is 4.81. The number of methoxy groups -OCH3 is 1. The number of carbonyl (C=O) groups excluding carboxylic acids is 1. The number of carbonyl (C=O) groups is 1. The zero-order chi connectivity index (χ0) is 14.6. The molecule has 0 radical (unpaired) electrons. The number of amides is 1. The highest BCUT2D eigenvalue weighted by atomic mass is 16.5. The minimum atomic E-state index is 0.0308. The van der Waals surface area contributed by atoms with Crippen LogP contribution < -0.4 is 10.1 Å². The van der Waals surface area contributed by atoms with Gasteiger partial charge in [-0.25, -0.2) is 0 Å².